The molecule has 1 amide bonds. The molecule has 0 fully saturated rings. The average molecular weight is 303 g/mol. The van der Waals surface area contributed by atoms with Crippen LogP contribution in [0.1, 0.15) is 24.5 Å². The Balaban J connectivity index is 1.68. The Bertz CT molecular complexity index is 567. The summed E-state index contributed by atoms with van der Waals surface area (Å²) in [6.07, 6.45) is 5.75. The molecule has 0 radical (unpaired) electrons. The minimum atomic E-state index is -0.719. The first-order valence-electron chi connectivity index (χ1n) is 7.23. The van der Waals surface area contributed by atoms with Gasteiger partial charge in [0.1, 0.15) is 5.75 Å². The van der Waals surface area contributed by atoms with E-state index in [-0.39, 0.29) is 12.5 Å². The maximum absolute atomic E-state index is 11.7. The van der Waals surface area contributed by atoms with Gasteiger partial charge < -0.3 is 19.7 Å². The third-order valence-electron chi connectivity index (χ3n) is 3.37. The van der Waals surface area contributed by atoms with Gasteiger partial charge in [0.2, 0.25) is 5.91 Å². The number of benzene rings is 1. The molecule has 0 spiro atoms. The van der Waals surface area contributed by atoms with Gasteiger partial charge in [0.25, 0.3) is 0 Å². The van der Waals surface area contributed by atoms with Crippen LogP contribution in [0.5, 0.6) is 5.75 Å². The predicted octanol–water partition coefficient (Wildman–Crippen LogP) is 1.52. The third kappa shape index (κ3) is 4.89. The smallest absolute Gasteiger partial charge is 0.220 e. The normalized spacial score (nSPS) is 11.9. The summed E-state index contributed by atoms with van der Waals surface area (Å²) < 4.78 is 6.99. The molecule has 6 nitrogen and oxygen atoms in total. The molecule has 2 aromatic rings. The maximum atomic E-state index is 11.7. The highest BCUT2D eigenvalue weighted by Gasteiger charge is 2.09. The number of hydrogen-bond acceptors (Lipinski definition) is 4. The zero-order valence-electron chi connectivity index (χ0n) is 12.6. The molecule has 1 aromatic heterocycles. The molecule has 1 heterocycles. The standard InChI is InChI=1S/C16H21N3O3/c1-22-14-6-4-13(5-7-14)15(20)11-18-16(21)3-2-9-19-10-8-17-12-19/h4-8,10,12,15,20H,2-3,9,11H2,1H3,(H,18,21). The highest BCUT2D eigenvalue weighted by atomic mass is 16.5. The average Bonchev–Trinajstić information content (AvgIpc) is 3.06. The fourth-order valence-corrected chi connectivity index (χ4v) is 2.08. The lowest BCUT2D eigenvalue weighted by molar-refractivity contribution is -0.121. The number of amides is 1. The van der Waals surface area contributed by atoms with E-state index in [4.69, 9.17) is 4.74 Å². The molecule has 0 saturated carbocycles. The summed E-state index contributed by atoms with van der Waals surface area (Å²) in [5.74, 6) is 0.673. The Hall–Kier alpha value is -2.34. The van der Waals surface area contributed by atoms with Gasteiger partial charge in [-0.1, -0.05) is 12.1 Å². The lowest BCUT2D eigenvalue weighted by atomic mass is 10.1. The number of carbonyl (C=O) groups excluding carboxylic acids is 1. The van der Waals surface area contributed by atoms with Gasteiger partial charge in [-0.25, -0.2) is 4.98 Å². The number of rotatable bonds is 8. The summed E-state index contributed by atoms with van der Waals surface area (Å²) in [6.45, 7) is 0.963. The van der Waals surface area contributed by atoms with E-state index in [9.17, 15) is 9.90 Å². The van der Waals surface area contributed by atoms with Gasteiger partial charge in [-0.05, 0) is 24.1 Å². The largest absolute Gasteiger partial charge is 0.497 e. The Morgan fingerprint density at radius 2 is 2.18 bits per heavy atom. The molecule has 0 bridgehead atoms. The third-order valence-corrected chi connectivity index (χ3v) is 3.37. The summed E-state index contributed by atoms with van der Waals surface area (Å²) in [7, 11) is 1.59. The minimum absolute atomic E-state index is 0.0623. The van der Waals surface area contributed by atoms with Crippen molar-refractivity contribution in [2.24, 2.45) is 0 Å². The molecule has 118 valence electrons. The van der Waals surface area contributed by atoms with Crippen LogP contribution in [0.3, 0.4) is 0 Å². The van der Waals surface area contributed by atoms with Gasteiger partial charge >= 0.3 is 0 Å². The molecule has 1 atom stereocenters. The van der Waals surface area contributed by atoms with Crippen LogP contribution in [-0.2, 0) is 11.3 Å². The van der Waals surface area contributed by atoms with E-state index in [1.54, 1.807) is 43.9 Å². The van der Waals surface area contributed by atoms with Crippen LogP contribution < -0.4 is 10.1 Å². The van der Waals surface area contributed by atoms with Crippen LogP contribution >= 0.6 is 0 Å². The van der Waals surface area contributed by atoms with E-state index < -0.39 is 6.10 Å². The van der Waals surface area contributed by atoms with Crippen molar-refractivity contribution in [3.8, 4) is 5.75 Å². The molecule has 0 aliphatic carbocycles. The lowest BCUT2D eigenvalue weighted by Gasteiger charge is -2.13. The first-order chi connectivity index (χ1) is 10.7. The minimum Gasteiger partial charge on any atom is -0.497 e. The monoisotopic (exact) mass is 303 g/mol. The molecule has 1 aromatic carbocycles. The van der Waals surface area contributed by atoms with Crippen molar-refractivity contribution >= 4 is 5.91 Å². The van der Waals surface area contributed by atoms with Gasteiger partial charge in [-0.2, -0.15) is 0 Å². The van der Waals surface area contributed by atoms with Crippen LogP contribution in [0.15, 0.2) is 43.0 Å². The second-order valence-electron chi connectivity index (χ2n) is 5.00. The van der Waals surface area contributed by atoms with Gasteiger partial charge in [0.15, 0.2) is 0 Å². The zero-order valence-corrected chi connectivity index (χ0v) is 12.6. The van der Waals surface area contributed by atoms with Crippen LogP contribution in [-0.4, -0.2) is 34.2 Å². The lowest BCUT2D eigenvalue weighted by Crippen LogP contribution is -2.28. The second-order valence-corrected chi connectivity index (χ2v) is 5.00. The SMILES string of the molecule is COc1ccc(C(O)CNC(=O)CCCn2ccnc2)cc1. The Morgan fingerprint density at radius 1 is 1.41 bits per heavy atom. The zero-order chi connectivity index (χ0) is 15.8. The van der Waals surface area contributed by atoms with Crippen LogP contribution in [0, 0.1) is 0 Å². The number of aromatic nitrogens is 2. The van der Waals surface area contributed by atoms with Crippen molar-refractivity contribution in [3.05, 3.63) is 48.5 Å². The number of methoxy groups -OCH3 is 1. The van der Waals surface area contributed by atoms with Crippen LogP contribution in [0.25, 0.3) is 0 Å². The van der Waals surface area contributed by atoms with Crippen molar-refractivity contribution in [1.82, 2.24) is 14.9 Å². The fraction of sp³-hybridized carbons (Fsp3) is 0.375. The highest BCUT2D eigenvalue weighted by Crippen LogP contribution is 2.16. The number of aliphatic hydroxyl groups excluding tert-OH is 1. The van der Waals surface area contributed by atoms with E-state index >= 15 is 0 Å². The first kappa shape index (κ1) is 16.0. The number of nitrogens with zero attached hydrogens (tertiary/aromatic N) is 2. The topological polar surface area (TPSA) is 76.4 Å². The number of carbonyl (C=O) groups is 1. The second kappa shape index (κ2) is 8.19. The quantitative estimate of drug-likeness (QED) is 0.775. The summed E-state index contributed by atoms with van der Waals surface area (Å²) in [4.78, 5) is 15.7. The van der Waals surface area contributed by atoms with E-state index in [1.807, 2.05) is 10.8 Å². The van der Waals surface area contributed by atoms with Gasteiger partial charge in [0, 0.05) is 31.9 Å². The van der Waals surface area contributed by atoms with Gasteiger partial charge in [-0.3, -0.25) is 4.79 Å². The number of ether oxygens (including phenoxy) is 1. The van der Waals surface area contributed by atoms with Crippen LogP contribution in [0.4, 0.5) is 0 Å². The van der Waals surface area contributed by atoms with Crippen molar-refractivity contribution in [3.63, 3.8) is 0 Å². The van der Waals surface area contributed by atoms with Gasteiger partial charge in [0.05, 0.1) is 19.5 Å². The maximum Gasteiger partial charge on any atom is 0.220 e. The molecule has 0 aliphatic heterocycles. The molecular formula is C16H21N3O3. The molecule has 6 heteroatoms. The first-order valence-corrected chi connectivity index (χ1v) is 7.23. The summed E-state index contributed by atoms with van der Waals surface area (Å²) in [5, 5.41) is 12.8. The van der Waals surface area contributed by atoms with E-state index in [1.165, 1.54) is 0 Å². The summed E-state index contributed by atoms with van der Waals surface area (Å²) in [5.41, 5.74) is 0.750. The molecule has 2 rings (SSSR count). The van der Waals surface area contributed by atoms with E-state index in [2.05, 4.69) is 10.3 Å². The number of aliphatic hydroxyl groups is 1. The molecule has 22 heavy (non-hydrogen) atoms. The highest BCUT2D eigenvalue weighted by molar-refractivity contribution is 5.75. The predicted molar refractivity (Wildman–Crippen MR) is 82.4 cm³/mol. The fourth-order valence-electron chi connectivity index (χ4n) is 2.08. The Morgan fingerprint density at radius 3 is 2.82 bits per heavy atom. The number of hydrogen-bond donors (Lipinski definition) is 2. The Kier molecular flexibility index (Phi) is 5.97. The van der Waals surface area contributed by atoms with Crippen molar-refractivity contribution < 1.29 is 14.6 Å². The number of aryl methyl sites for hydroxylation is 1. The number of nitrogens with one attached hydrogen (secondary N) is 1. The molecule has 0 aliphatic rings. The van der Waals surface area contributed by atoms with E-state index in [0.717, 1.165) is 24.3 Å². The van der Waals surface area contributed by atoms with Crippen LogP contribution in [0.2, 0.25) is 0 Å². The molecule has 2 N–H and O–H groups in total. The van der Waals surface area contributed by atoms with Gasteiger partial charge in [-0.15, -0.1) is 0 Å². The summed E-state index contributed by atoms with van der Waals surface area (Å²) >= 11 is 0. The molecule has 0 saturated heterocycles. The van der Waals surface area contributed by atoms with Crippen molar-refractivity contribution in [2.75, 3.05) is 13.7 Å². The molecular weight excluding hydrogens is 282 g/mol. The van der Waals surface area contributed by atoms with Crippen molar-refractivity contribution in [2.45, 2.75) is 25.5 Å². The summed E-state index contributed by atoms with van der Waals surface area (Å²) in [6, 6.07) is 7.14. The Labute approximate surface area is 129 Å². The van der Waals surface area contributed by atoms with Crippen molar-refractivity contribution in [1.29, 1.82) is 0 Å². The number of imidazole rings is 1. The van der Waals surface area contributed by atoms with E-state index in [0.29, 0.717) is 6.42 Å². The molecule has 1 unspecified atom stereocenters.